The maximum absolute atomic E-state index is 13.9. The monoisotopic (exact) mass is 481 g/mol. The molecule has 4 atom stereocenters. The van der Waals surface area contributed by atoms with Crippen molar-refractivity contribution < 1.29 is 33.6 Å². The number of carbonyl (C=O) groups is 4. The molecule has 5 amide bonds. The van der Waals surface area contributed by atoms with E-state index in [0.29, 0.717) is 49.3 Å². The topological polar surface area (TPSA) is 116 Å². The summed E-state index contributed by atoms with van der Waals surface area (Å²) in [4.78, 5) is 53.3. The smallest absolute Gasteiger partial charge is 0.433 e. The fourth-order valence-corrected chi connectivity index (χ4v) is 5.99. The summed E-state index contributed by atoms with van der Waals surface area (Å²) < 4.78 is 5.01. The Morgan fingerprint density at radius 2 is 1.88 bits per heavy atom. The summed E-state index contributed by atoms with van der Waals surface area (Å²) in [5.74, 6) is -0.698. The number of imide groups is 2. The molecule has 2 saturated heterocycles. The van der Waals surface area contributed by atoms with Gasteiger partial charge in [0.2, 0.25) is 6.41 Å². The van der Waals surface area contributed by atoms with Crippen LogP contribution in [-0.2, 0) is 14.3 Å². The molecule has 2 unspecified atom stereocenters. The zero-order valence-electron chi connectivity index (χ0n) is 20.8. The first-order valence-electron chi connectivity index (χ1n) is 12.8. The maximum atomic E-state index is 13.9. The number of carbonyl (C=O) groups excluding carboxylic acids is 4. The SMILES string of the molecule is CC(C)N1CCC(OC(=O)NC(=O)[N+]2(C(=O)[C@H](CC3CCCC3)CN(O)C=O)CCC[C@H]2C)C1. The highest BCUT2D eigenvalue weighted by Crippen LogP contribution is 2.35. The molecule has 3 aliphatic rings. The lowest BCUT2D eigenvalue weighted by Crippen LogP contribution is -2.65. The van der Waals surface area contributed by atoms with Crippen LogP contribution in [0, 0.1) is 11.8 Å². The molecule has 192 valence electrons. The van der Waals surface area contributed by atoms with Gasteiger partial charge in [0.25, 0.3) is 0 Å². The molecule has 10 nitrogen and oxygen atoms in total. The Hall–Kier alpha value is -2.04. The molecular formula is C24H41N4O6+. The molecule has 34 heavy (non-hydrogen) atoms. The maximum Gasteiger partial charge on any atom is 0.433 e. The molecule has 0 aromatic rings. The Morgan fingerprint density at radius 1 is 1.18 bits per heavy atom. The van der Waals surface area contributed by atoms with Gasteiger partial charge in [0.15, 0.2) is 0 Å². The Labute approximate surface area is 202 Å². The van der Waals surface area contributed by atoms with Crippen LogP contribution in [0.1, 0.15) is 72.1 Å². The predicted molar refractivity (Wildman–Crippen MR) is 124 cm³/mol. The van der Waals surface area contributed by atoms with Crippen molar-refractivity contribution in [2.24, 2.45) is 11.8 Å². The number of likely N-dealkylation sites (tertiary alicyclic amines) is 2. The Bertz CT molecular complexity index is 756. The second-order valence-corrected chi connectivity index (χ2v) is 10.6. The van der Waals surface area contributed by atoms with Crippen molar-refractivity contribution >= 4 is 24.4 Å². The minimum Gasteiger partial charge on any atom is -0.444 e. The molecule has 3 rings (SSSR count). The highest BCUT2D eigenvalue weighted by molar-refractivity contribution is 5.93. The zero-order chi connectivity index (χ0) is 24.9. The van der Waals surface area contributed by atoms with E-state index in [1.165, 1.54) is 0 Å². The fourth-order valence-electron chi connectivity index (χ4n) is 5.99. The van der Waals surface area contributed by atoms with Crippen LogP contribution in [-0.4, -0.2) is 88.5 Å². The fraction of sp³-hybridized carbons (Fsp3) is 0.833. The summed E-state index contributed by atoms with van der Waals surface area (Å²) in [5.41, 5.74) is 0. The first-order valence-corrected chi connectivity index (χ1v) is 12.8. The summed E-state index contributed by atoms with van der Waals surface area (Å²) in [7, 11) is 0. The minimum absolute atomic E-state index is 0.156. The van der Waals surface area contributed by atoms with E-state index in [2.05, 4.69) is 24.1 Å². The van der Waals surface area contributed by atoms with Gasteiger partial charge in [-0.05, 0) is 39.5 Å². The van der Waals surface area contributed by atoms with Gasteiger partial charge in [-0.1, -0.05) is 25.7 Å². The zero-order valence-corrected chi connectivity index (χ0v) is 20.8. The highest BCUT2D eigenvalue weighted by atomic mass is 16.6. The number of alkyl carbamates (subject to hydrolysis) is 1. The van der Waals surface area contributed by atoms with Gasteiger partial charge in [0.05, 0.1) is 19.0 Å². The van der Waals surface area contributed by atoms with Gasteiger partial charge < -0.3 is 4.74 Å². The lowest BCUT2D eigenvalue weighted by molar-refractivity contribution is -0.786. The molecule has 0 spiro atoms. The van der Waals surface area contributed by atoms with Crippen molar-refractivity contribution in [3.8, 4) is 0 Å². The van der Waals surface area contributed by atoms with E-state index in [1.807, 2.05) is 6.92 Å². The van der Waals surface area contributed by atoms with Crippen molar-refractivity contribution in [2.75, 3.05) is 26.2 Å². The standard InChI is InChI=1S/C24H40N4O6/c1-17(2)26-11-10-21(15-26)34-24(32)25-23(31)28(12-6-7-18(28)3)22(30)20(14-27(33)16-29)13-19-8-4-5-9-19/h16-21,33H,4-15H2,1-3H3/p+1/t18-,20-,21?,28?/m1/s1. The minimum atomic E-state index is -0.825. The van der Waals surface area contributed by atoms with Crippen molar-refractivity contribution in [1.29, 1.82) is 0 Å². The first-order chi connectivity index (χ1) is 16.2. The number of rotatable bonds is 8. The molecule has 10 heteroatoms. The van der Waals surface area contributed by atoms with Gasteiger partial charge in [-0.15, -0.1) is 0 Å². The number of nitrogens with one attached hydrogen (secondary N) is 1. The van der Waals surface area contributed by atoms with Crippen LogP contribution in [0.5, 0.6) is 0 Å². The van der Waals surface area contributed by atoms with Crippen LogP contribution < -0.4 is 5.32 Å². The number of ether oxygens (including phenoxy) is 1. The summed E-state index contributed by atoms with van der Waals surface area (Å²) in [5, 5.41) is 12.7. The number of hydrogen-bond acceptors (Lipinski definition) is 7. The van der Waals surface area contributed by atoms with Gasteiger partial charge in [0, 0.05) is 32.0 Å². The van der Waals surface area contributed by atoms with Gasteiger partial charge in [-0.2, -0.15) is 4.48 Å². The predicted octanol–water partition coefficient (Wildman–Crippen LogP) is 2.89. The summed E-state index contributed by atoms with van der Waals surface area (Å²) in [6.45, 7) is 7.59. The molecule has 3 fully saturated rings. The van der Waals surface area contributed by atoms with Crippen molar-refractivity contribution in [3.05, 3.63) is 0 Å². The molecule has 2 heterocycles. The molecule has 0 aromatic heterocycles. The Morgan fingerprint density at radius 3 is 2.44 bits per heavy atom. The number of nitrogens with zero attached hydrogens (tertiary/aromatic N) is 3. The Balaban J connectivity index is 1.72. The van der Waals surface area contributed by atoms with Gasteiger partial charge in [-0.3, -0.25) is 14.9 Å². The van der Waals surface area contributed by atoms with E-state index in [9.17, 15) is 24.4 Å². The van der Waals surface area contributed by atoms with Gasteiger partial charge in [0.1, 0.15) is 12.1 Å². The lowest BCUT2D eigenvalue weighted by atomic mass is 9.91. The lowest BCUT2D eigenvalue weighted by Gasteiger charge is -2.36. The average Bonchev–Trinajstić information content (AvgIpc) is 3.54. The largest absolute Gasteiger partial charge is 0.444 e. The quantitative estimate of drug-likeness (QED) is 0.237. The first kappa shape index (κ1) is 26.6. The van der Waals surface area contributed by atoms with Crippen LogP contribution in [0.2, 0.25) is 0 Å². The molecule has 1 saturated carbocycles. The third kappa shape index (κ3) is 5.95. The number of urea groups is 1. The second-order valence-electron chi connectivity index (χ2n) is 10.6. The average molecular weight is 482 g/mol. The number of hydroxylamine groups is 2. The van der Waals surface area contributed by atoms with Crippen LogP contribution in [0.3, 0.4) is 0 Å². The second kappa shape index (κ2) is 11.6. The van der Waals surface area contributed by atoms with Gasteiger partial charge >= 0.3 is 18.0 Å². The summed E-state index contributed by atoms with van der Waals surface area (Å²) >= 11 is 0. The molecule has 0 aromatic carbocycles. The van der Waals surface area contributed by atoms with Crippen molar-refractivity contribution in [2.45, 2.75) is 90.3 Å². The van der Waals surface area contributed by atoms with E-state index in [-0.39, 0.29) is 37.6 Å². The van der Waals surface area contributed by atoms with Crippen LogP contribution >= 0.6 is 0 Å². The summed E-state index contributed by atoms with van der Waals surface area (Å²) in [6.07, 6.45) is 5.93. The van der Waals surface area contributed by atoms with Crippen molar-refractivity contribution in [3.63, 3.8) is 0 Å². The third-order valence-electron chi connectivity index (χ3n) is 8.00. The summed E-state index contributed by atoms with van der Waals surface area (Å²) in [6, 6.07) is -0.632. The van der Waals surface area contributed by atoms with Gasteiger partial charge in [-0.25, -0.2) is 24.8 Å². The van der Waals surface area contributed by atoms with Crippen LogP contribution in [0.15, 0.2) is 0 Å². The molecular weight excluding hydrogens is 440 g/mol. The van der Waals surface area contributed by atoms with E-state index >= 15 is 0 Å². The normalized spacial score (nSPS) is 28.7. The number of amides is 5. The van der Waals surface area contributed by atoms with E-state index in [0.717, 1.165) is 32.2 Å². The molecule has 2 N–H and O–H groups in total. The van der Waals surface area contributed by atoms with E-state index in [4.69, 9.17) is 4.74 Å². The highest BCUT2D eigenvalue weighted by Gasteiger charge is 2.55. The molecule has 2 aliphatic heterocycles. The van der Waals surface area contributed by atoms with E-state index in [1.54, 1.807) is 0 Å². The number of hydrogen-bond donors (Lipinski definition) is 2. The van der Waals surface area contributed by atoms with E-state index < -0.39 is 22.5 Å². The molecule has 1 aliphatic carbocycles. The van der Waals surface area contributed by atoms with Crippen LogP contribution in [0.25, 0.3) is 0 Å². The van der Waals surface area contributed by atoms with Crippen LogP contribution in [0.4, 0.5) is 9.59 Å². The Kier molecular flexibility index (Phi) is 9.06. The molecule has 0 radical (unpaired) electrons. The number of quaternary nitrogens is 1. The third-order valence-corrected chi connectivity index (χ3v) is 8.00. The van der Waals surface area contributed by atoms with Crippen molar-refractivity contribution in [1.82, 2.24) is 15.3 Å². The molecule has 0 bridgehead atoms.